The molecule has 0 aliphatic heterocycles. The second-order valence-corrected chi connectivity index (χ2v) is 6.91. The third kappa shape index (κ3) is 8.02. The highest BCUT2D eigenvalue weighted by atomic mass is 15.2. The van der Waals surface area contributed by atoms with Crippen molar-refractivity contribution in [2.75, 3.05) is 40.3 Å². The van der Waals surface area contributed by atoms with Crippen molar-refractivity contribution in [1.29, 1.82) is 0 Å². The minimum Gasteiger partial charge on any atom is -0.355 e. The fourth-order valence-electron chi connectivity index (χ4n) is 2.89. The molecule has 1 fully saturated rings. The summed E-state index contributed by atoms with van der Waals surface area (Å²) >= 11 is 0. The molecule has 0 bridgehead atoms. The van der Waals surface area contributed by atoms with E-state index in [4.69, 9.17) is 0 Å². The molecule has 1 aliphatic rings. The lowest BCUT2D eigenvalue weighted by molar-refractivity contribution is 0.247. The van der Waals surface area contributed by atoms with Gasteiger partial charge in [0.05, 0.1) is 0 Å². The Morgan fingerprint density at radius 3 is 2.39 bits per heavy atom. The Kier molecular flexibility index (Phi) is 9.56. The molecule has 0 spiro atoms. The van der Waals surface area contributed by atoms with Gasteiger partial charge in [-0.25, -0.2) is 0 Å². The third-order valence-corrected chi connectivity index (χ3v) is 5.00. The number of nitrogens with zero attached hydrogens (tertiary/aromatic N) is 3. The quantitative estimate of drug-likeness (QED) is 0.451. The van der Waals surface area contributed by atoms with Crippen LogP contribution < -0.4 is 10.6 Å². The van der Waals surface area contributed by atoms with Gasteiger partial charge in [0.2, 0.25) is 0 Å². The van der Waals surface area contributed by atoms with Crippen LogP contribution in [-0.4, -0.2) is 74.2 Å². The first-order chi connectivity index (χ1) is 11.0. The van der Waals surface area contributed by atoms with Gasteiger partial charge in [-0.2, -0.15) is 0 Å². The van der Waals surface area contributed by atoms with Crippen LogP contribution in [0, 0.1) is 0 Å². The van der Waals surface area contributed by atoms with Gasteiger partial charge < -0.3 is 15.5 Å². The lowest BCUT2D eigenvalue weighted by Crippen LogP contribution is -2.47. The second-order valence-electron chi connectivity index (χ2n) is 6.91. The van der Waals surface area contributed by atoms with Crippen molar-refractivity contribution in [2.45, 2.75) is 71.5 Å². The molecule has 1 aliphatic carbocycles. The maximum Gasteiger partial charge on any atom is 0.191 e. The van der Waals surface area contributed by atoms with Crippen LogP contribution >= 0.6 is 0 Å². The standard InChI is InChI=1S/C18H39N5/c1-7-23(8-2)13-9-10-15(3)21-18(19-5)20-14-16(4)22(6)17-11-12-17/h15-17H,7-14H2,1-6H3,(H2,19,20,21). The van der Waals surface area contributed by atoms with Gasteiger partial charge in [0.1, 0.15) is 0 Å². The molecule has 0 radical (unpaired) electrons. The number of hydrogen-bond acceptors (Lipinski definition) is 3. The van der Waals surface area contributed by atoms with E-state index in [-0.39, 0.29) is 0 Å². The van der Waals surface area contributed by atoms with Gasteiger partial charge in [-0.1, -0.05) is 13.8 Å². The zero-order chi connectivity index (χ0) is 17.2. The van der Waals surface area contributed by atoms with E-state index in [2.05, 4.69) is 60.2 Å². The first-order valence-corrected chi connectivity index (χ1v) is 9.43. The average molecular weight is 326 g/mol. The molecule has 2 N–H and O–H groups in total. The van der Waals surface area contributed by atoms with Gasteiger partial charge in [0, 0.05) is 31.7 Å². The van der Waals surface area contributed by atoms with E-state index in [9.17, 15) is 0 Å². The van der Waals surface area contributed by atoms with Gasteiger partial charge >= 0.3 is 0 Å². The lowest BCUT2D eigenvalue weighted by atomic mass is 10.2. The molecule has 0 heterocycles. The maximum absolute atomic E-state index is 4.36. The summed E-state index contributed by atoms with van der Waals surface area (Å²) in [5.41, 5.74) is 0. The minimum absolute atomic E-state index is 0.452. The van der Waals surface area contributed by atoms with Gasteiger partial charge in [0.25, 0.3) is 0 Å². The van der Waals surface area contributed by atoms with Crippen molar-refractivity contribution in [1.82, 2.24) is 20.4 Å². The van der Waals surface area contributed by atoms with Gasteiger partial charge in [-0.3, -0.25) is 9.89 Å². The summed E-state index contributed by atoms with van der Waals surface area (Å²) < 4.78 is 0. The number of hydrogen-bond donors (Lipinski definition) is 2. The van der Waals surface area contributed by atoms with Crippen molar-refractivity contribution in [3.05, 3.63) is 0 Å². The molecule has 2 unspecified atom stereocenters. The second kappa shape index (κ2) is 10.9. The van der Waals surface area contributed by atoms with Crippen molar-refractivity contribution >= 4 is 5.96 Å². The van der Waals surface area contributed by atoms with E-state index >= 15 is 0 Å². The fourth-order valence-corrected chi connectivity index (χ4v) is 2.89. The smallest absolute Gasteiger partial charge is 0.191 e. The summed E-state index contributed by atoms with van der Waals surface area (Å²) in [7, 11) is 4.09. The first kappa shape index (κ1) is 20.2. The Balaban J connectivity index is 2.21. The molecule has 0 saturated heterocycles. The van der Waals surface area contributed by atoms with E-state index in [0.717, 1.165) is 31.6 Å². The first-order valence-electron chi connectivity index (χ1n) is 9.43. The van der Waals surface area contributed by atoms with Gasteiger partial charge in [-0.05, 0) is 66.2 Å². The molecule has 1 rings (SSSR count). The van der Waals surface area contributed by atoms with Crippen LogP contribution in [0.2, 0.25) is 0 Å². The van der Waals surface area contributed by atoms with Crippen molar-refractivity contribution < 1.29 is 0 Å². The average Bonchev–Trinajstić information content (AvgIpc) is 3.39. The largest absolute Gasteiger partial charge is 0.355 e. The molecule has 23 heavy (non-hydrogen) atoms. The van der Waals surface area contributed by atoms with Crippen LogP contribution in [0.15, 0.2) is 4.99 Å². The monoisotopic (exact) mass is 325 g/mol. The molecule has 5 heteroatoms. The van der Waals surface area contributed by atoms with E-state index < -0.39 is 0 Å². The number of rotatable bonds is 11. The summed E-state index contributed by atoms with van der Waals surface area (Å²) in [4.78, 5) is 9.32. The Morgan fingerprint density at radius 2 is 1.87 bits per heavy atom. The summed E-state index contributed by atoms with van der Waals surface area (Å²) in [6, 6.07) is 1.80. The topological polar surface area (TPSA) is 42.9 Å². The Morgan fingerprint density at radius 1 is 1.22 bits per heavy atom. The predicted molar refractivity (Wildman–Crippen MR) is 101 cm³/mol. The van der Waals surface area contributed by atoms with Crippen LogP contribution in [0.5, 0.6) is 0 Å². The van der Waals surface area contributed by atoms with Gasteiger partial charge in [0.15, 0.2) is 5.96 Å². The van der Waals surface area contributed by atoms with Crippen LogP contribution in [0.3, 0.4) is 0 Å². The summed E-state index contributed by atoms with van der Waals surface area (Å²) in [5, 5.41) is 6.99. The Hall–Kier alpha value is -0.810. The number of guanidine groups is 1. The molecular weight excluding hydrogens is 286 g/mol. The SMILES string of the molecule is CCN(CC)CCCC(C)NC(=NC)NCC(C)N(C)C1CC1. The maximum atomic E-state index is 4.36. The fraction of sp³-hybridized carbons (Fsp3) is 0.944. The van der Waals surface area contributed by atoms with Crippen LogP contribution in [0.25, 0.3) is 0 Å². The summed E-state index contributed by atoms with van der Waals surface area (Å²) in [6.07, 6.45) is 5.12. The van der Waals surface area contributed by atoms with Crippen LogP contribution in [-0.2, 0) is 0 Å². The highest BCUT2D eigenvalue weighted by molar-refractivity contribution is 5.79. The molecule has 1 saturated carbocycles. The molecule has 0 aromatic carbocycles. The highest BCUT2D eigenvalue weighted by Gasteiger charge is 2.28. The summed E-state index contributed by atoms with van der Waals surface area (Å²) in [6.45, 7) is 13.4. The van der Waals surface area contributed by atoms with E-state index in [0.29, 0.717) is 12.1 Å². The Labute approximate surface area is 143 Å². The van der Waals surface area contributed by atoms with Crippen molar-refractivity contribution in [3.63, 3.8) is 0 Å². The third-order valence-electron chi connectivity index (χ3n) is 5.00. The number of aliphatic imine (C=N–C) groups is 1. The number of likely N-dealkylation sites (N-methyl/N-ethyl adjacent to an activating group) is 1. The Bertz CT molecular complexity index is 336. The van der Waals surface area contributed by atoms with Gasteiger partial charge in [-0.15, -0.1) is 0 Å². The van der Waals surface area contributed by atoms with E-state index in [1.54, 1.807) is 0 Å². The normalized spacial score (nSPS) is 18.3. The minimum atomic E-state index is 0.452. The van der Waals surface area contributed by atoms with Crippen molar-refractivity contribution in [2.24, 2.45) is 4.99 Å². The predicted octanol–water partition coefficient (Wildman–Crippen LogP) is 2.14. The number of nitrogens with one attached hydrogen (secondary N) is 2. The van der Waals surface area contributed by atoms with E-state index in [1.165, 1.54) is 32.2 Å². The molecule has 136 valence electrons. The van der Waals surface area contributed by atoms with Crippen LogP contribution in [0.4, 0.5) is 0 Å². The summed E-state index contributed by atoms with van der Waals surface area (Å²) in [5.74, 6) is 0.927. The molecule has 5 nitrogen and oxygen atoms in total. The molecular formula is C18H39N5. The molecule has 0 aromatic rings. The molecule has 0 aromatic heterocycles. The van der Waals surface area contributed by atoms with Crippen LogP contribution in [0.1, 0.15) is 53.4 Å². The zero-order valence-electron chi connectivity index (χ0n) is 16.2. The molecule has 0 amide bonds. The van der Waals surface area contributed by atoms with Crippen molar-refractivity contribution in [3.8, 4) is 0 Å². The zero-order valence-corrected chi connectivity index (χ0v) is 16.2. The highest BCUT2D eigenvalue weighted by Crippen LogP contribution is 2.26. The molecule has 2 atom stereocenters. The van der Waals surface area contributed by atoms with E-state index in [1.807, 2.05) is 7.05 Å². The lowest BCUT2D eigenvalue weighted by Gasteiger charge is -2.26.